The minimum atomic E-state index is 0.366. The van der Waals surface area contributed by atoms with E-state index in [1.54, 1.807) is 0 Å². The van der Waals surface area contributed by atoms with Crippen LogP contribution in [0.15, 0.2) is 24.3 Å². The van der Waals surface area contributed by atoms with Gasteiger partial charge in [-0.1, -0.05) is 37.6 Å². The van der Waals surface area contributed by atoms with Crippen LogP contribution in [-0.2, 0) is 11.2 Å². The summed E-state index contributed by atoms with van der Waals surface area (Å²) >= 11 is 0. The van der Waals surface area contributed by atoms with E-state index in [9.17, 15) is 0 Å². The molecule has 1 aliphatic rings. The number of hydrogen-bond acceptors (Lipinski definition) is 1. The SMILES string of the molecule is CCCc1ccc(C2CCCO2)cc1. The van der Waals surface area contributed by atoms with E-state index in [1.165, 1.54) is 36.8 Å². The first kappa shape index (κ1) is 9.72. The highest BCUT2D eigenvalue weighted by atomic mass is 16.5. The van der Waals surface area contributed by atoms with Crippen molar-refractivity contribution in [1.82, 2.24) is 0 Å². The van der Waals surface area contributed by atoms with Crippen LogP contribution in [0.2, 0.25) is 0 Å². The molecule has 0 amide bonds. The second-order valence-electron chi connectivity index (χ2n) is 3.99. The fourth-order valence-corrected chi connectivity index (χ4v) is 2.03. The van der Waals surface area contributed by atoms with Gasteiger partial charge in [-0.3, -0.25) is 0 Å². The maximum atomic E-state index is 5.64. The summed E-state index contributed by atoms with van der Waals surface area (Å²) < 4.78 is 5.64. The van der Waals surface area contributed by atoms with Crippen molar-refractivity contribution in [3.63, 3.8) is 0 Å². The zero-order chi connectivity index (χ0) is 9.80. The first-order chi connectivity index (χ1) is 6.90. The molecular weight excluding hydrogens is 172 g/mol. The van der Waals surface area contributed by atoms with Crippen LogP contribution in [0.1, 0.15) is 43.4 Å². The lowest BCUT2D eigenvalue weighted by molar-refractivity contribution is 0.112. The minimum absolute atomic E-state index is 0.366. The van der Waals surface area contributed by atoms with E-state index in [0.717, 1.165) is 6.61 Å². The average molecular weight is 190 g/mol. The molecule has 0 radical (unpaired) electrons. The first-order valence-corrected chi connectivity index (χ1v) is 5.60. The summed E-state index contributed by atoms with van der Waals surface area (Å²) in [7, 11) is 0. The van der Waals surface area contributed by atoms with E-state index in [-0.39, 0.29) is 0 Å². The third-order valence-electron chi connectivity index (χ3n) is 2.82. The Labute approximate surface area is 86.1 Å². The second-order valence-corrected chi connectivity index (χ2v) is 3.99. The lowest BCUT2D eigenvalue weighted by atomic mass is 10.0. The molecule has 1 aliphatic heterocycles. The van der Waals surface area contributed by atoms with E-state index < -0.39 is 0 Å². The van der Waals surface area contributed by atoms with Crippen LogP contribution in [0.3, 0.4) is 0 Å². The third-order valence-corrected chi connectivity index (χ3v) is 2.82. The molecular formula is C13H18O. The van der Waals surface area contributed by atoms with Crippen LogP contribution >= 0.6 is 0 Å². The fourth-order valence-electron chi connectivity index (χ4n) is 2.03. The van der Waals surface area contributed by atoms with E-state index in [1.807, 2.05) is 0 Å². The number of hydrogen-bond donors (Lipinski definition) is 0. The van der Waals surface area contributed by atoms with E-state index >= 15 is 0 Å². The molecule has 1 atom stereocenters. The van der Waals surface area contributed by atoms with Gasteiger partial charge in [-0.2, -0.15) is 0 Å². The van der Waals surface area contributed by atoms with Crippen molar-refractivity contribution in [2.75, 3.05) is 6.61 Å². The van der Waals surface area contributed by atoms with E-state index in [0.29, 0.717) is 6.10 Å². The molecule has 1 nitrogen and oxygen atoms in total. The van der Waals surface area contributed by atoms with Crippen LogP contribution in [0.4, 0.5) is 0 Å². The summed E-state index contributed by atoms with van der Waals surface area (Å²) in [5.41, 5.74) is 2.79. The molecule has 1 heteroatoms. The van der Waals surface area contributed by atoms with Gasteiger partial charge in [-0.25, -0.2) is 0 Å². The van der Waals surface area contributed by atoms with Gasteiger partial charge in [0.15, 0.2) is 0 Å². The van der Waals surface area contributed by atoms with Crippen LogP contribution in [0, 0.1) is 0 Å². The van der Waals surface area contributed by atoms with Crippen molar-refractivity contribution < 1.29 is 4.74 Å². The molecule has 0 bridgehead atoms. The highest BCUT2D eigenvalue weighted by Crippen LogP contribution is 2.28. The highest BCUT2D eigenvalue weighted by molar-refractivity contribution is 5.24. The highest BCUT2D eigenvalue weighted by Gasteiger charge is 2.16. The fraction of sp³-hybridized carbons (Fsp3) is 0.538. The van der Waals surface area contributed by atoms with Crippen LogP contribution in [0.25, 0.3) is 0 Å². The van der Waals surface area contributed by atoms with Gasteiger partial charge in [0.1, 0.15) is 0 Å². The molecule has 1 fully saturated rings. The Morgan fingerprint density at radius 1 is 1.29 bits per heavy atom. The molecule has 1 aromatic carbocycles. The quantitative estimate of drug-likeness (QED) is 0.709. The summed E-state index contributed by atoms with van der Waals surface area (Å²) in [6.07, 6.45) is 5.17. The molecule has 0 spiro atoms. The predicted molar refractivity (Wildman–Crippen MR) is 58.4 cm³/mol. The molecule has 2 rings (SSSR count). The van der Waals surface area contributed by atoms with Gasteiger partial charge in [0.05, 0.1) is 6.10 Å². The second kappa shape index (κ2) is 4.61. The summed E-state index contributed by atoms with van der Waals surface area (Å²) in [5, 5.41) is 0. The Hall–Kier alpha value is -0.820. The Kier molecular flexibility index (Phi) is 3.20. The van der Waals surface area contributed by atoms with Crippen molar-refractivity contribution in [1.29, 1.82) is 0 Å². The normalized spacial score (nSPS) is 21.4. The van der Waals surface area contributed by atoms with Crippen molar-refractivity contribution in [2.24, 2.45) is 0 Å². The third kappa shape index (κ3) is 2.16. The number of benzene rings is 1. The van der Waals surface area contributed by atoms with Crippen LogP contribution in [0.5, 0.6) is 0 Å². The Balaban J connectivity index is 2.05. The summed E-state index contributed by atoms with van der Waals surface area (Å²) in [6, 6.07) is 8.92. The van der Waals surface area contributed by atoms with E-state index in [4.69, 9.17) is 4.74 Å². The largest absolute Gasteiger partial charge is 0.374 e. The van der Waals surface area contributed by atoms with E-state index in [2.05, 4.69) is 31.2 Å². The van der Waals surface area contributed by atoms with Gasteiger partial charge in [0, 0.05) is 6.61 Å². The Bertz CT molecular complexity index is 270. The molecule has 1 heterocycles. The van der Waals surface area contributed by atoms with Crippen molar-refractivity contribution >= 4 is 0 Å². The molecule has 1 aromatic rings. The van der Waals surface area contributed by atoms with Gasteiger partial charge in [-0.15, -0.1) is 0 Å². The maximum absolute atomic E-state index is 5.64. The maximum Gasteiger partial charge on any atom is 0.0825 e. The Morgan fingerprint density at radius 3 is 2.64 bits per heavy atom. The van der Waals surface area contributed by atoms with Gasteiger partial charge < -0.3 is 4.74 Å². The lowest BCUT2D eigenvalue weighted by Gasteiger charge is -2.09. The van der Waals surface area contributed by atoms with Crippen LogP contribution < -0.4 is 0 Å². The standard InChI is InChI=1S/C13H18O/c1-2-4-11-6-8-12(9-7-11)13-5-3-10-14-13/h6-9,13H,2-5,10H2,1H3. The first-order valence-electron chi connectivity index (χ1n) is 5.60. The van der Waals surface area contributed by atoms with Crippen LogP contribution in [-0.4, -0.2) is 6.61 Å². The van der Waals surface area contributed by atoms with Gasteiger partial charge in [-0.05, 0) is 30.4 Å². The smallest absolute Gasteiger partial charge is 0.0825 e. The van der Waals surface area contributed by atoms with Crippen molar-refractivity contribution in [3.8, 4) is 0 Å². The molecule has 0 aromatic heterocycles. The number of rotatable bonds is 3. The van der Waals surface area contributed by atoms with Gasteiger partial charge in [0.25, 0.3) is 0 Å². The molecule has 76 valence electrons. The summed E-state index contributed by atoms with van der Waals surface area (Å²) in [6.45, 7) is 3.15. The van der Waals surface area contributed by atoms with Crippen molar-refractivity contribution in [3.05, 3.63) is 35.4 Å². The average Bonchev–Trinajstić information content (AvgIpc) is 2.72. The zero-order valence-corrected chi connectivity index (χ0v) is 8.83. The predicted octanol–water partition coefficient (Wildman–Crippen LogP) is 3.49. The van der Waals surface area contributed by atoms with Gasteiger partial charge in [0.2, 0.25) is 0 Å². The van der Waals surface area contributed by atoms with Gasteiger partial charge >= 0.3 is 0 Å². The molecule has 1 unspecified atom stereocenters. The molecule has 0 aliphatic carbocycles. The number of aryl methyl sites for hydroxylation is 1. The summed E-state index contributed by atoms with van der Waals surface area (Å²) in [5.74, 6) is 0. The van der Waals surface area contributed by atoms with Crippen molar-refractivity contribution in [2.45, 2.75) is 38.7 Å². The molecule has 0 N–H and O–H groups in total. The topological polar surface area (TPSA) is 9.23 Å². The number of ether oxygens (including phenoxy) is 1. The monoisotopic (exact) mass is 190 g/mol. The minimum Gasteiger partial charge on any atom is -0.374 e. The Morgan fingerprint density at radius 2 is 2.07 bits per heavy atom. The lowest BCUT2D eigenvalue weighted by Crippen LogP contribution is -1.95. The molecule has 14 heavy (non-hydrogen) atoms. The molecule has 1 saturated heterocycles. The summed E-state index contributed by atoms with van der Waals surface area (Å²) in [4.78, 5) is 0. The molecule has 0 saturated carbocycles. The zero-order valence-electron chi connectivity index (χ0n) is 8.83.